The average Bonchev–Trinajstić information content (AvgIpc) is 3.26. The van der Waals surface area contributed by atoms with E-state index in [1.54, 1.807) is 42.5 Å². The number of halogens is 2. The Labute approximate surface area is 214 Å². The molecule has 0 aliphatic carbocycles. The lowest BCUT2D eigenvalue weighted by molar-refractivity contribution is -0.121. The van der Waals surface area contributed by atoms with Gasteiger partial charge in [-0.05, 0) is 62.3 Å². The summed E-state index contributed by atoms with van der Waals surface area (Å²) < 4.78 is 30.1. The van der Waals surface area contributed by atoms with Crippen molar-refractivity contribution in [1.29, 1.82) is 0 Å². The lowest BCUT2D eigenvalue weighted by Gasteiger charge is -2.30. The molecule has 1 saturated heterocycles. The van der Waals surface area contributed by atoms with Gasteiger partial charge in [-0.2, -0.15) is 4.98 Å². The summed E-state index contributed by atoms with van der Waals surface area (Å²) >= 11 is 12.2. The van der Waals surface area contributed by atoms with E-state index in [0.29, 0.717) is 71.2 Å². The van der Waals surface area contributed by atoms with Gasteiger partial charge in [-0.15, -0.1) is 0 Å². The van der Waals surface area contributed by atoms with Gasteiger partial charge in [-0.3, -0.25) is 14.0 Å². The van der Waals surface area contributed by atoms with Crippen molar-refractivity contribution in [2.75, 3.05) is 36.0 Å². The highest BCUT2D eigenvalue weighted by Crippen LogP contribution is 2.29. The van der Waals surface area contributed by atoms with E-state index in [1.165, 1.54) is 11.4 Å². The monoisotopic (exact) mass is 537 g/mol. The number of rotatable bonds is 7. The second kappa shape index (κ2) is 10.5. The molecule has 0 radical (unpaired) electrons. The molecular formula is C23H25Cl2N5O4S. The molecule has 0 bridgehead atoms. The summed E-state index contributed by atoms with van der Waals surface area (Å²) in [5.74, 6) is 0.648. The molecule has 4 rings (SSSR count). The van der Waals surface area contributed by atoms with Crippen LogP contribution < -0.4 is 9.62 Å². The van der Waals surface area contributed by atoms with Gasteiger partial charge in [0.05, 0.1) is 23.5 Å². The number of likely N-dealkylation sites (tertiary alicyclic amines) is 1. The minimum Gasteiger partial charge on any atom is -0.338 e. The molecule has 0 saturated carbocycles. The van der Waals surface area contributed by atoms with Crippen molar-refractivity contribution >= 4 is 50.5 Å². The number of nitrogens with one attached hydrogen (secondary N) is 1. The third kappa shape index (κ3) is 6.32. The number of sulfonamides is 1. The van der Waals surface area contributed by atoms with Gasteiger partial charge < -0.3 is 9.84 Å². The Morgan fingerprint density at radius 1 is 1.20 bits per heavy atom. The second-order valence-corrected chi connectivity index (χ2v) is 11.3. The number of carbonyl (C=O) groups excluding carboxylic acids is 1. The van der Waals surface area contributed by atoms with Gasteiger partial charge in [-0.25, -0.2) is 8.42 Å². The quantitative estimate of drug-likeness (QED) is 0.478. The number of nitrogens with zero attached hydrogens (tertiary/aromatic N) is 4. The lowest BCUT2D eigenvalue weighted by Crippen LogP contribution is -2.37. The van der Waals surface area contributed by atoms with Gasteiger partial charge in [0.15, 0.2) is 0 Å². The fourth-order valence-corrected chi connectivity index (χ4v) is 4.85. The standard InChI is InChI=1S/C23H25Cl2N5O4S/c1-29(35(2,32)33)18-5-3-4-17(13-18)26-23(31)15-8-10-30(11-9-15)14-21-27-22(28-34-21)19-7-6-16(24)12-20(19)25/h3-7,12-13,15H,8-11,14H2,1-2H3,(H,26,31). The van der Waals surface area contributed by atoms with Crippen molar-refractivity contribution in [1.82, 2.24) is 15.0 Å². The van der Waals surface area contributed by atoms with Crippen LogP contribution in [0.3, 0.4) is 0 Å². The molecule has 1 amide bonds. The van der Waals surface area contributed by atoms with Crippen LogP contribution in [0.25, 0.3) is 11.4 Å². The highest BCUT2D eigenvalue weighted by molar-refractivity contribution is 7.92. The highest BCUT2D eigenvalue weighted by Gasteiger charge is 2.26. The number of aromatic nitrogens is 2. The van der Waals surface area contributed by atoms with Gasteiger partial charge in [0.25, 0.3) is 0 Å². The van der Waals surface area contributed by atoms with Crippen LogP contribution in [0.4, 0.5) is 11.4 Å². The molecule has 1 aliphatic heterocycles. The van der Waals surface area contributed by atoms with E-state index in [-0.39, 0.29) is 11.8 Å². The number of hydrogen-bond acceptors (Lipinski definition) is 7. The Morgan fingerprint density at radius 2 is 1.94 bits per heavy atom. The fourth-order valence-electron chi connectivity index (χ4n) is 3.86. The van der Waals surface area contributed by atoms with Crippen LogP contribution in [0.15, 0.2) is 47.0 Å². The highest BCUT2D eigenvalue weighted by atomic mass is 35.5. The summed E-state index contributed by atoms with van der Waals surface area (Å²) in [5.41, 5.74) is 1.69. The van der Waals surface area contributed by atoms with E-state index in [4.69, 9.17) is 27.7 Å². The molecule has 1 fully saturated rings. The first-order valence-electron chi connectivity index (χ1n) is 11.0. The Bertz CT molecular complexity index is 1320. The Kier molecular flexibility index (Phi) is 7.65. The third-order valence-corrected chi connectivity index (χ3v) is 7.69. The molecule has 2 aromatic carbocycles. The smallest absolute Gasteiger partial charge is 0.241 e. The Balaban J connectivity index is 1.31. The van der Waals surface area contributed by atoms with E-state index < -0.39 is 10.0 Å². The predicted molar refractivity (Wildman–Crippen MR) is 136 cm³/mol. The lowest BCUT2D eigenvalue weighted by atomic mass is 9.96. The molecule has 35 heavy (non-hydrogen) atoms. The number of benzene rings is 2. The van der Waals surface area contributed by atoms with Crippen molar-refractivity contribution in [3.63, 3.8) is 0 Å². The molecule has 12 heteroatoms. The van der Waals surface area contributed by atoms with Crippen LogP contribution in [-0.4, -0.2) is 55.8 Å². The van der Waals surface area contributed by atoms with Crippen LogP contribution >= 0.6 is 23.2 Å². The minimum absolute atomic E-state index is 0.0822. The van der Waals surface area contributed by atoms with Crippen molar-refractivity contribution < 1.29 is 17.7 Å². The number of amides is 1. The summed E-state index contributed by atoms with van der Waals surface area (Å²) in [4.78, 5) is 19.4. The molecule has 3 aromatic rings. The Hall–Kier alpha value is -2.66. The summed E-state index contributed by atoms with van der Waals surface area (Å²) in [6.45, 7) is 1.88. The molecule has 0 unspecified atom stereocenters. The Morgan fingerprint density at radius 3 is 2.63 bits per heavy atom. The maximum atomic E-state index is 12.8. The van der Waals surface area contributed by atoms with E-state index in [1.807, 2.05) is 0 Å². The second-order valence-electron chi connectivity index (χ2n) is 8.46. The molecular weight excluding hydrogens is 513 g/mol. The van der Waals surface area contributed by atoms with Gasteiger partial charge >= 0.3 is 0 Å². The summed E-state index contributed by atoms with van der Waals surface area (Å²) in [7, 11) is -1.91. The van der Waals surface area contributed by atoms with Crippen LogP contribution in [0.2, 0.25) is 10.0 Å². The first-order valence-corrected chi connectivity index (χ1v) is 13.6. The molecule has 2 heterocycles. The van der Waals surface area contributed by atoms with Crippen molar-refractivity contribution in [2.45, 2.75) is 19.4 Å². The summed E-state index contributed by atoms with van der Waals surface area (Å²) in [5, 5.41) is 7.91. The third-order valence-electron chi connectivity index (χ3n) is 5.93. The zero-order chi connectivity index (χ0) is 25.2. The number of piperidine rings is 1. The first-order chi connectivity index (χ1) is 16.6. The van der Waals surface area contributed by atoms with Crippen LogP contribution in [-0.2, 0) is 21.4 Å². The first kappa shape index (κ1) is 25.4. The largest absolute Gasteiger partial charge is 0.338 e. The molecule has 1 aromatic heterocycles. The summed E-state index contributed by atoms with van der Waals surface area (Å²) in [6.07, 6.45) is 2.49. The van der Waals surface area contributed by atoms with Gasteiger partial charge in [0.1, 0.15) is 0 Å². The summed E-state index contributed by atoms with van der Waals surface area (Å²) in [6, 6.07) is 11.9. The van der Waals surface area contributed by atoms with Crippen molar-refractivity contribution in [3.8, 4) is 11.4 Å². The molecule has 0 spiro atoms. The normalized spacial score (nSPS) is 15.2. The van der Waals surface area contributed by atoms with Gasteiger partial charge in [0.2, 0.25) is 27.6 Å². The van der Waals surface area contributed by atoms with Gasteiger partial charge in [-0.1, -0.05) is 34.4 Å². The fraction of sp³-hybridized carbons (Fsp3) is 0.348. The topological polar surface area (TPSA) is 109 Å². The molecule has 9 nitrogen and oxygen atoms in total. The molecule has 186 valence electrons. The van der Waals surface area contributed by atoms with E-state index in [2.05, 4.69) is 20.4 Å². The number of anilines is 2. The predicted octanol–water partition coefficient (Wildman–Crippen LogP) is 4.29. The van der Waals surface area contributed by atoms with Crippen LogP contribution in [0.1, 0.15) is 18.7 Å². The molecule has 1 N–H and O–H groups in total. The van der Waals surface area contributed by atoms with Crippen molar-refractivity contribution in [3.05, 3.63) is 58.4 Å². The molecule has 1 aliphatic rings. The van der Waals surface area contributed by atoms with Gasteiger partial charge in [0, 0.05) is 29.2 Å². The number of hydrogen-bond donors (Lipinski definition) is 1. The van der Waals surface area contributed by atoms with Crippen molar-refractivity contribution in [2.24, 2.45) is 5.92 Å². The maximum absolute atomic E-state index is 12.8. The van der Waals surface area contributed by atoms with E-state index >= 15 is 0 Å². The van der Waals surface area contributed by atoms with Crippen LogP contribution in [0, 0.1) is 5.92 Å². The minimum atomic E-state index is -3.39. The average molecular weight is 538 g/mol. The number of carbonyl (C=O) groups is 1. The molecule has 0 atom stereocenters. The zero-order valence-corrected chi connectivity index (χ0v) is 21.6. The van der Waals surface area contributed by atoms with E-state index in [9.17, 15) is 13.2 Å². The van der Waals surface area contributed by atoms with E-state index in [0.717, 1.165) is 6.26 Å². The maximum Gasteiger partial charge on any atom is 0.241 e. The van der Waals surface area contributed by atoms with Crippen LogP contribution in [0.5, 0.6) is 0 Å². The zero-order valence-electron chi connectivity index (χ0n) is 19.2. The SMILES string of the molecule is CN(c1cccc(NC(=O)C2CCN(Cc3nc(-c4ccc(Cl)cc4Cl)no3)CC2)c1)S(C)(=O)=O.